The molecule has 3 rings (SSSR count). The van der Waals surface area contributed by atoms with Gasteiger partial charge in [0.15, 0.2) is 0 Å². The third-order valence-electron chi connectivity index (χ3n) is 4.03. The normalized spacial score (nSPS) is 10.5. The Hall–Kier alpha value is -3.08. The third-order valence-corrected chi connectivity index (χ3v) is 4.03. The van der Waals surface area contributed by atoms with Crippen LogP contribution in [0.5, 0.6) is 5.75 Å². The van der Waals surface area contributed by atoms with Gasteiger partial charge in [-0.25, -0.2) is 0 Å². The number of nitrogens with one attached hydrogen (secondary N) is 1. The Bertz CT molecular complexity index is 863. The first-order chi connectivity index (χ1) is 12.1. The Balaban J connectivity index is 1.70. The van der Waals surface area contributed by atoms with Crippen molar-refractivity contribution < 1.29 is 14.1 Å². The summed E-state index contributed by atoms with van der Waals surface area (Å²) in [6.07, 6.45) is 0.260. The van der Waals surface area contributed by atoms with Gasteiger partial charge in [-0.15, -0.1) is 0 Å². The van der Waals surface area contributed by atoms with E-state index in [4.69, 9.17) is 9.26 Å². The molecule has 5 heteroatoms. The van der Waals surface area contributed by atoms with E-state index in [0.717, 1.165) is 33.8 Å². The van der Waals surface area contributed by atoms with E-state index >= 15 is 0 Å². The molecule has 0 aliphatic heterocycles. The van der Waals surface area contributed by atoms with Crippen molar-refractivity contribution in [1.82, 2.24) is 5.16 Å². The van der Waals surface area contributed by atoms with Crippen LogP contribution in [0.15, 0.2) is 53.1 Å². The molecule has 0 radical (unpaired) electrons. The lowest BCUT2D eigenvalue weighted by atomic mass is 10.0. The second-order valence-electron chi connectivity index (χ2n) is 5.81. The second-order valence-corrected chi connectivity index (χ2v) is 5.81. The average Bonchev–Trinajstić information content (AvgIpc) is 2.95. The summed E-state index contributed by atoms with van der Waals surface area (Å²) in [6.45, 7) is 3.80. The number of amides is 1. The first kappa shape index (κ1) is 16.8. The van der Waals surface area contributed by atoms with E-state index in [1.807, 2.05) is 62.4 Å². The number of para-hydroxylation sites is 1. The first-order valence-corrected chi connectivity index (χ1v) is 8.03. The summed E-state index contributed by atoms with van der Waals surface area (Å²) in [5.74, 6) is 1.41. The molecule has 2 aromatic carbocycles. The lowest BCUT2D eigenvalue weighted by Gasteiger charge is -2.09. The Kier molecular flexibility index (Phi) is 4.84. The molecule has 0 spiro atoms. The van der Waals surface area contributed by atoms with Crippen molar-refractivity contribution in [3.63, 3.8) is 0 Å². The number of ether oxygens (including phenoxy) is 1. The van der Waals surface area contributed by atoms with E-state index < -0.39 is 0 Å². The zero-order chi connectivity index (χ0) is 17.8. The van der Waals surface area contributed by atoms with Gasteiger partial charge >= 0.3 is 0 Å². The minimum absolute atomic E-state index is 0.0883. The first-order valence-electron chi connectivity index (χ1n) is 8.03. The number of carbonyl (C=O) groups is 1. The van der Waals surface area contributed by atoms with Crippen molar-refractivity contribution in [3.05, 3.63) is 65.5 Å². The van der Waals surface area contributed by atoms with E-state index in [1.54, 1.807) is 7.11 Å². The highest BCUT2D eigenvalue weighted by Crippen LogP contribution is 2.28. The number of rotatable bonds is 5. The van der Waals surface area contributed by atoms with E-state index in [1.165, 1.54) is 0 Å². The topological polar surface area (TPSA) is 64.4 Å². The number of methoxy groups -OCH3 is 1. The molecule has 0 aliphatic rings. The van der Waals surface area contributed by atoms with E-state index in [2.05, 4.69) is 10.5 Å². The average molecular weight is 336 g/mol. The van der Waals surface area contributed by atoms with E-state index in [-0.39, 0.29) is 12.3 Å². The Morgan fingerprint density at radius 2 is 1.84 bits per heavy atom. The molecule has 3 aromatic rings. The standard InChI is InChI=1S/C20H20N2O3/c1-13-20(14(2)25-22-13)15-8-10-17(11-9-15)21-19(23)12-16-6-4-5-7-18(16)24-3/h4-11H,12H2,1-3H3,(H,21,23). The largest absolute Gasteiger partial charge is 0.496 e. The van der Waals surface area contributed by atoms with Crippen LogP contribution in [-0.4, -0.2) is 18.2 Å². The van der Waals surface area contributed by atoms with Gasteiger partial charge in [-0.1, -0.05) is 35.5 Å². The molecule has 128 valence electrons. The van der Waals surface area contributed by atoms with Crippen LogP contribution >= 0.6 is 0 Å². The van der Waals surface area contributed by atoms with Gasteiger partial charge in [0.1, 0.15) is 11.5 Å². The zero-order valence-corrected chi connectivity index (χ0v) is 14.5. The van der Waals surface area contributed by atoms with Crippen LogP contribution in [0.2, 0.25) is 0 Å². The summed E-state index contributed by atoms with van der Waals surface area (Å²) in [5, 5.41) is 6.88. The molecule has 0 fully saturated rings. The van der Waals surface area contributed by atoms with Gasteiger partial charge in [0.25, 0.3) is 0 Å². The van der Waals surface area contributed by atoms with Gasteiger partial charge in [-0.2, -0.15) is 0 Å². The molecule has 5 nitrogen and oxygen atoms in total. The fraction of sp³-hybridized carbons (Fsp3) is 0.200. The van der Waals surface area contributed by atoms with E-state index in [9.17, 15) is 4.79 Å². The van der Waals surface area contributed by atoms with Crippen molar-refractivity contribution in [1.29, 1.82) is 0 Å². The van der Waals surface area contributed by atoms with Gasteiger partial charge in [0, 0.05) is 16.8 Å². The van der Waals surface area contributed by atoms with E-state index in [0.29, 0.717) is 5.75 Å². The van der Waals surface area contributed by atoms with Crippen LogP contribution in [0.25, 0.3) is 11.1 Å². The highest BCUT2D eigenvalue weighted by molar-refractivity contribution is 5.92. The van der Waals surface area contributed by atoms with Gasteiger partial charge < -0.3 is 14.6 Å². The molecular weight excluding hydrogens is 316 g/mol. The monoisotopic (exact) mass is 336 g/mol. The summed E-state index contributed by atoms with van der Waals surface area (Å²) in [5.41, 5.74) is 4.46. The number of anilines is 1. The number of aryl methyl sites for hydroxylation is 2. The fourth-order valence-electron chi connectivity index (χ4n) is 2.84. The SMILES string of the molecule is COc1ccccc1CC(=O)Nc1ccc(-c2c(C)noc2C)cc1. The van der Waals surface area contributed by atoms with Crippen molar-refractivity contribution in [2.75, 3.05) is 12.4 Å². The second kappa shape index (κ2) is 7.21. The molecule has 0 saturated carbocycles. The van der Waals surface area contributed by atoms with Gasteiger partial charge in [-0.3, -0.25) is 4.79 Å². The molecule has 1 amide bonds. The number of carbonyl (C=O) groups excluding carboxylic acids is 1. The fourth-order valence-corrected chi connectivity index (χ4v) is 2.84. The molecule has 0 atom stereocenters. The van der Waals surface area contributed by atoms with Crippen molar-refractivity contribution >= 4 is 11.6 Å². The Labute approximate surface area is 146 Å². The molecule has 0 aliphatic carbocycles. The third kappa shape index (κ3) is 3.71. The van der Waals surface area contributed by atoms with Gasteiger partial charge in [0.2, 0.25) is 5.91 Å². The number of hydrogen-bond donors (Lipinski definition) is 1. The molecule has 1 heterocycles. The van der Waals surface area contributed by atoms with Crippen molar-refractivity contribution in [3.8, 4) is 16.9 Å². The lowest BCUT2D eigenvalue weighted by molar-refractivity contribution is -0.115. The minimum atomic E-state index is -0.0883. The smallest absolute Gasteiger partial charge is 0.228 e. The maximum atomic E-state index is 12.3. The van der Waals surface area contributed by atoms with Crippen LogP contribution in [0.3, 0.4) is 0 Å². The number of hydrogen-bond acceptors (Lipinski definition) is 4. The molecular formula is C20H20N2O3. The summed E-state index contributed by atoms with van der Waals surface area (Å²) in [7, 11) is 1.60. The lowest BCUT2D eigenvalue weighted by Crippen LogP contribution is -2.14. The van der Waals surface area contributed by atoms with Gasteiger partial charge in [-0.05, 0) is 37.6 Å². The summed E-state index contributed by atoms with van der Waals surface area (Å²) in [6, 6.07) is 15.2. The number of nitrogens with zero attached hydrogens (tertiary/aromatic N) is 1. The van der Waals surface area contributed by atoms with Crippen LogP contribution < -0.4 is 10.1 Å². The van der Waals surface area contributed by atoms with Crippen molar-refractivity contribution in [2.45, 2.75) is 20.3 Å². The van der Waals surface area contributed by atoms with Crippen LogP contribution in [0.1, 0.15) is 17.0 Å². The van der Waals surface area contributed by atoms with Crippen LogP contribution in [0, 0.1) is 13.8 Å². The quantitative estimate of drug-likeness (QED) is 0.760. The maximum absolute atomic E-state index is 12.3. The molecule has 1 N–H and O–H groups in total. The number of benzene rings is 2. The highest BCUT2D eigenvalue weighted by atomic mass is 16.5. The molecule has 25 heavy (non-hydrogen) atoms. The summed E-state index contributed by atoms with van der Waals surface area (Å²) < 4.78 is 10.5. The zero-order valence-electron chi connectivity index (χ0n) is 14.5. The predicted molar refractivity (Wildman–Crippen MR) is 96.7 cm³/mol. The van der Waals surface area contributed by atoms with Crippen molar-refractivity contribution in [2.24, 2.45) is 0 Å². The number of aromatic nitrogens is 1. The summed E-state index contributed by atoms with van der Waals surface area (Å²) in [4.78, 5) is 12.3. The minimum Gasteiger partial charge on any atom is -0.496 e. The van der Waals surface area contributed by atoms with Gasteiger partial charge in [0.05, 0.1) is 19.2 Å². The summed E-state index contributed by atoms with van der Waals surface area (Å²) >= 11 is 0. The molecule has 0 bridgehead atoms. The molecule has 1 aromatic heterocycles. The Morgan fingerprint density at radius 1 is 1.12 bits per heavy atom. The highest BCUT2D eigenvalue weighted by Gasteiger charge is 2.12. The van der Waals surface area contributed by atoms with Crippen LogP contribution in [-0.2, 0) is 11.2 Å². The maximum Gasteiger partial charge on any atom is 0.228 e. The molecule has 0 unspecified atom stereocenters. The van der Waals surface area contributed by atoms with Crippen LogP contribution in [0.4, 0.5) is 5.69 Å². The molecule has 0 saturated heterocycles. The predicted octanol–water partition coefficient (Wildman–Crippen LogP) is 4.15. The Morgan fingerprint density at radius 3 is 2.48 bits per heavy atom.